The van der Waals surface area contributed by atoms with Crippen LogP contribution in [0.4, 0.5) is 0 Å². The van der Waals surface area contributed by atoms with E-state index < -0.39 is 0 Å². The fourth-order valence-electron chi connectivity index (χ4n) is 1.54. The minimum atomic E-state index is -0.207. The largest absolute Gasteiger partial charge is 0.339 e. The van der Waals surface area contributed by atoms with E-state index in [4.69, 9.17) is 5.26 Å². The summed E-state index contributed by atoms with van der Waals surface area (Å²) in [4.78, 5) is 13.6. The lowest BCUT2D eigenvalue weighted by Crippen LogP contribution is -2.31. The van der Waals surface area contributed by atoms with Gasteiger partial charge in [0.1, 0.15) is 11.6 Å². The van der Waals surface area contributed by atoms with Crippen LogP contribution in [0.15, 0.2) is 35.9 Å². The summed E-state index contributed by atoms with van der Waals surface area (Å²) in [7, 11) is 0. The molecule has 0 aliphatic heterocycles. The summed E-state index contributed by atoms with van der Waals surface area (Å²) in [6.07, 6.45) is 1.63. The topological polar surface area (TPSA) is 44.1 Å². The molecule has 0 aromatic heterocycles. The van der Waals surface area contributed by atoms with Crippen molar-refractivity contribution >= 4 is 12.0 Å². The Bertz CT molecular complexity index is 439. The molecule has 0 unspecified atom stereocenters. The summed E-state index contributed by atoms with van der Waals surface area (Å²) in [5.41, 5.74) is 1.05. The van der Waals surface area contributed by atoms with Gasteiger partial charge in [0, 0.05) is 13.1 Å². The van der Waals surface area contributed by atoms with Crippen molar-refractivity contribution in [3.63, 3.8) is 0 Å². The van der Waals surface area contributed by atoms with E-state index in [1.807, 2.05) is 50.2 Å². The maximum atomic E-state index is 12.0. The van der Waals surface area contributed by atoms with Gasteiger partial charge in [-0.2, -0.15) is 5.26 Å². The third-order valence-electron chi connectivity index (χ3n) is 2.51. The second kappa shape index (κ2) is 6.49. The number of benzene rings is 1. The lowest BCUT2D eigenvalue weighted by molar-refractivity contribution is -0.126. The van der Waals surface area contributed by atoms with E-state index in [9.17, 15) is 4.79 Å². The number of carbonyl (C=O) groups is 1. The first-order chi connectivity index (χ1) is 8.22. The molecule has 17 heavy (non-hydrogen) atoms. The third kappa shape index (κ3) is 3.46. The van der Waals surface area contributed by atoms with Gasteiger partial charge in [-0.15, -0.1) is 0 Å². The van der Waals surface area contributed by atoms with Crippen LogP contribution in [-0.4, -0.2) is 23.9 Å². The lowest BCUT2D eigenvalue weighted by atomic mass is 10.1. The Balaban J connectivity index is 2.97. The summed E-state index contributed by atoms with van der Waals surface area (Å²) < 4.78 is 0. The maximum Gasteiger partial charge on any atom is 0.264 e. The van der Waals surface area contributed by atoms with Gasteiger partial charge in [-0.1, -0.05) is 30.3 Å². The van der Waals surface area contributed by atoms with Gasteiger partial charge < -0.3 is 4.90 Å². The Morgan fingerprint density at radius 2 is 1.88 bits per heavy atom. The molecule has 88 valence electrons. The summed E-state index contributed by atoms with van der Waals surface area (Å²) in [6.45, 7) is 5.03. The minimum absolute atomic E-state index is 0.180. The molecule has 0 heterocycles. The molecule has 1 amide bonds. The molecule has 0 atom stereocenters. The molecule has 0 saturated carbocycles. The van der Waals surface area contributed by atoms with Crippen LogP contribution in [0.2, 0.25) is 0 Å². The monoisotopic (exact) mass is 228 g/mol. The highest BCUT2D eigenvalue weighted by atomic mass is 16.2. The van der Waals surface area contributed by atoms with E-state index in [2.05, 4.69) is 0 Å². The van der Waals surface area contributed by atoms with Crippen molar-refractivity contribution in [3.05, 3.63) is 41.5 Å². The molecule has 0 aliphatic carbocycles. The molecular formula is C14H16N2O. The molecule has 1 aromatic rings. The Kier molecular flexibility index (Phi) is 4.96. The number of amides is 1. The number of likely N-dealkylation sites (N-methyl/N-ethyl adjacent to an activating group) is 1. The van der Waals surface area contributed by atoms with Crippen LogP contribution < -0.4 is 0 Å². The summed E-state index contributed by atoms with van der Waals surface area (Å²) >= 11 is 0. The fourth-order valence-corrected chi connectivity index (χ4v) is 1.54. The lowest BCUT2D eigenvalue weighted by Gasteiger charge is -2.17. The van der Waals surface area contributed by atoms with Crippen molar-refractivity contribution in [3.8, 4) is 6.07 Å². The Hall–Kier alpha value is -2.08. The van der Waals surface area contributed by atoms with E-state index in [-0.39, 0.29) is 11.5 Å². The van der Waals surface area contributed by atoms with Gasteiger partial charge in [0.05, 0.1) is 0 Å². The molecule has 1 rings (SSSR count). The molecule has 0 N–H and O–H groups in total. The van der Waals surface area contributed by atoms with Crippen molar-refractivity contribution in [2.75, 3.05) is 13.1 Å². The highest BCUT2D eigenvalue weighted by Crippen LogP contribution is 2.08. The predicted molar refractivity (Wildman–Crippen MR) is 68.0 cm³/mol. The Morgan fingerprint density at radius 1 is 1.29 bits per heavy atom. The first-order valence-electron chi connectivity index (χ1n) is 5.69. The first kappa shape index (κ1) is 13.0. The van der Waals surface area contributed by atoms with Crippen LogP contribution in [0, 0.1) is 11.3 Å². The van der Waals surface area contributed by atoms with E-state index >= 15 is 0 Å². The zero-order valence-corrected chi connectivity index (χ0v) is 10.2. The molecule has 3 nitrogen and oxygen atoms in total. The normalized spacial score (nSPS) is 10.8. The summed E-state index contributed by atoms with van der Waals surface area (Å²) in [6, 6.07) is 11.4. The third-order valence-corrected chi connectivity index (χ3v) is 2.51. The summed E-state index contributed by atoms with van der Waals surface area (Å²) in [5, 5.41) is 9.03. The Morgan fingerprint density at radius 3 is 2.35 bits per heavy atom. The van der Waals surface area contributed by atoms with E-state index in [0.717, 1.165) is 5.56 Å². The average Bonchev–Trinajstić information content (AvgIpc) is 2.38. The smallest absolute Gasteiger partial charge is 0.264 e. The maximum absolute atomic E-state index is 12.0. The molecule has 0 aliphatic rings. The summed E-state index contributed by atoms with van der Waals surface area (Å²) in [5.74, 6) is -0.207. The number of hydrogen-bond donors (Lipinski definition) is 0. The van der Waals surface area contributed by atoms with Crippen molar-refractivity contribution in [1.29, 1.82) is 5.26 Å². The van der Waals surface area contributed by atoms with Crippen molar-refractivity contribution in [1.82, 2.24) is 4.90 Å². The Labute approximate surface area is 102 Å². The van der Waals surface area contributed by atoms with Crippen molar-refractivity contribution < 1.29 is 4.79 Å². The highest BCUT2D eigenvalue weighted by molar-refractivity contribution is 6.01. The number of rotatable bonds is 4. The quantitative estimate of drug-likeness (QED) is 0.587. The van der Waals surface area contributed by atoms with Crippen molar-refractivity contribution in [2.24, 2.45) is 0 Å². The van der Waals surface area contributed by atoms with Gasteiger partial charge in [0.25, 0.3) is 5.91 Å². The van der Waals surface area contributed by atoms with Gasteiger partial charge in [-0.3, -0.25) is 4.79 Å². The van der Waals surface area contributed by atoms with Crippen LogP contribution in [0.3, 0.4) is 0 Å². The van der Waals surface area contributed by atoms with E-state index in [1.165, 1.54) is 0 Å². The average molecular weight is 228 g/mol. The zero-order chi connectivity index (χ0) is 12.7. The van der Waals surface area contributed by atoms with Crippen molar-refractivity contribution in [2.45, 2.75) is 13.8 Å². The second-order valence-corrected chi connectivity index (χ2v) is 3.56. The number of nitriles is 1. The highest BCUT2D eigenvalue weighted by Gasteiger charge is 2.14. The predicted octanol–water partition coefficient (Wildman–Crippen LogP) is 2.46. The number of hydrogen-bond acceptors (Lipinski definition) is 2. The van der Waals surface area contributed by atoms with Gasteiger partial charge in [0.15, 0.2) is 0 Å². The van der Waals surface area contributed by atoms with Crippen LogP contribution in [0.25, 0.3) is 6.08 Å². The molecule has 0 bridgehead atoms. The molecule has 1 aromatic carbocycles. The van der Waals surface area contributed by atoms with Crippen LogP contribution in [-0.2, 0) is 4.79 Å². The first-order valence-corrected chi connectivity index (χ1v) is 5.69. The van der Waals surface area contributed by atoms with Crippen LogP contribution in [0.5, 0.6) is 0 Å². The molecule has 3 heteroatoms. The van der Waals surface area contributed by atoms with Crippen LogP contribution >= 0.6 is 0 Å². The second-order valence-electron chi connectivity index (χ2n) is 3.56. The molecule has 0 spiro atoms. The SMILES string of the molecule is CCN(CC)C(=O)C(C#N)=Cc1ccccc1. The minimum Gasteiger partial charge on any atom is -0.339 e. The van der Waals surface area contributed by atoms with Gasteiger partial charge in [-0.05, 0) is 25.5 Å². The molecule has 0 radical (unpaired) electrons. The standard InChI is InChI=1S/C14H16N2O/c1-3-16(4-2)14(17)13(11-15)10-12-8-6-5-7-9-12/h5-10H,3-4H2,1-2H3. The van der Waals surface area contributed by atoms with E-state index in [1.54, 1.807) is 11.0 Å². The van der Waals surface area contributed by atoms with E-state index in [0.29, 0.717) is 13.1 Å². The number of carbonyl (C=O) groups excluding carboxylic acids is 1. The van der Waals surface area contributed by atoms with Gasteiger partial charge in [0.2, 0.25) is 0 Å². The van der Waals surface area contributed by atoms with Crippen LogP contribution in [0.1, 0.15) is 19.4 Å². The van der Waals surface area contributed by atoms with Gasteiger partial charge in [-0.25, -0.2) is 0 Å². The fraction of sp³-hybridized carbons (Fsp3) is 0.286. The molecular weight excluding hydrogens is 212 g/mol. The number of nitrogens with zero attached hydrogens (tertiary/aromatic N) is 2. The van der Waals surface area contributed by atoms with Gasteiger partial charge >= 0.3 is 0 Å². The zero-order valence-electron chi connectivity index (χ0n) is 10.2. The molecule has 0 fully saturated rings. The molecule has 0 saturated heterocycles.